The van der Waals surface area contributed by atoms with Gasteiger partial charge in [-0.15, -0.1) is 0 Å². The third-order valence-electron chi connectivity index (χ3n) is 13.5. The summed E-state index contributed by atoms with van der Waals surface area (Å²) in [6.45, 7) is 10.5. The number of piperidine rings is 1. The molecular formula is C44H48ClFN8O5. The summed E-state index contributed by atoms with van der Waals surface area (Å²) in [7, 11) is 0. The van der Waals surface area contributed by atoms with Gasteiger partial charge in [0.1, 0.15) is 17.9 Å². The van der Waals surface area contributed by atoms with Crippen molar-refractivity contribution < 1.29 is 28.4 Å². The van der Waals surface area contributed by atoms with Crippen LogP contribution < -0.4 is 20.0 Å². The van der Waals surface area contributed by atoms with Crippen LogP contribution in [0.1, 0.15) is 82.6 Å². The van der Waals surface area contributed by atoms with E-state index in [0.29, 0.717) is 67.9 Å². The third kappa shape index (κ3) is 7.29. The molecule has 4 fully saturated rings. The summed E-state index contributed by atoms with van der Waals surface area (Å²) in [5, 5.41) is 11.8. The molecular weight excluding hydrogens is 775 g/mol. The molecule has 3 aromatic carbocycles. The molecule has 3 aromatic rings. The number of hydrogen-bond acceptors (Lipinski definition) is 10. The quantitative estimate of drug-likeness (QED) is 0.222. The maximum absolute atomic E-state index is 15.4. The zero-order chi connectivity index (χ0) is 41.6. The maximum Gasteiger partial charge on any atom is 0.262 e. The van der Waals surface area contributed by atoms with E-state index in [1.54, 1.807) is 13.0 Å². The van der Waals surface area contributed by atoms with Crippen molar-refractivity contribution in [2.45, 2.75) is 64.1 Å². The number of rotatable bonds is 10. The average molecular weight is 823 g/mol. The van der Waals surface area contributed by atoms with Crippen molar-refractivity contribution in [3.8, 4) is 6.07 Å². The molecule has 13 nitrogen and oxygen atoms in total. The van der Waals surface area contributed by atoms with E-state index in [1.807, 2.05) is 39.4 Å². The Labute approximate surface area is 348 Å². The number of piperazine rings is 1. The Kier molecular flexibility index (Phi) is 11.1. The van der Waals surface area contributed by atoms with Crippen LogP contribution in [0.5, 0.6) is 0 Å². The summed E-state index contributed by atoms with van der Waals surface area (Å²) >= 11 is 6.37. The lowest BCUT2D eigenvalue weighted by molar-refractivity contribution is -0.128. The van der Waals surface area contributed by atoms with E-state index in [4.69, 9.17) is 11.6 Å². The van der Waals surface area contributed by atoms with Crippen LogP contribution in [0.15, 0.2) is 54.6 Å². The van der Waals surface area contributed by atoms with Crippen LogP contribution in [0.3, 0.4) is 0 Å². The van der Waals surface area contributed by atoms with E-state index in [1.165, 1.54) is 6.07 Å². The second-order valence-electron chi connectivity index (χ2n) is 16.4. The molecule has 0 saturated carbocycles. The van der Waals surface area contributed by atoms with Gasteiger partial charge >= 0.3 is 0 Å². The highest BCUT2D eigenvalue weighted by molar-refractivity contribution is 6.32. The van der Waals surface area contributed by atoms with Crippen LogP contribution in [0.4, 0.5) is 21.5 Å². The first-order valence-corrected chi connectivity index (χ1v) is 20.9. The monoisotopic (exact) mass is 822 g/mol. The molecule has 0 aliphatic carbocycles. The van der Waals surface area contributed by atoms with Gasteiger partial charge < -0.3 is 19.6 Å². The van der Waals surface area contributed by atoms with Crippen LogP contribution in [0.2, 0.25) is 5.02 Å². The number of nitriles is 1. The molecule has 8 rings (SSSR count). The first-order chi connectivity index (χ1) is 28.5. The summed E-state index contributed by atoms with van der Waals surface area (Å²) in [5.41, 5.74) is 3.72. The van der Waals surface area contributed by atoms with Crippen LogP contribution >= 0.6 is 11.6 Å². The fraction of sp³-hybridized carbons (Fsp3) is 0.455. The van der Waals surface area contributed by atoms with Gasteiger partial charge in [0.25, 0.3) is 17.7 Å². The van der Waals surface area contributed by atoms with Crippen molar-refractivity contribution >= 4 is 58.7 Å². The Hall–Kier alpha value is -5.52. The highest BCUT2D eigenvalue weighted by Gasteiger charge is 2.47. The molecule has 0 aromatic heterocycles. The highest BCUT2D eigenvalue weighted by atomic mass is 35.5. The lowest BCUT2D eigenvalue weighted by Crippen LogP contribution is -2.63. The third-order valence-corrected chi connectivity index (χ3v) is 13.8. The maximum atomic E-state index is 15.4. The van der Waals surface area contributed by atoms with Crippen LogP contribution in [0.25, 0.3) is 0 Å². The van der Waals surface area contributed by atoms with Gasteiger partial charge in [-0.1, -0.05) is 24.9 Å². The summed E-state index contributed by atoms with van der Waals surface area (Å²) in [6, 6.07) is 17.6. The number of imide groups is 2. The van der Waals surface area contributed by atoms with Gasteiger partial charge in [-0.3, -0.25) is 39.1 Å². The molecule has 15 heteroatoms. The number of nitrogens with one attached hydrogen (secondary N) is 1. The zero-order valence-corrected chi connectivity index (χ0v) is 34.1. The molecule has 1 spiro atoms. The summed E-state index contributed by atoms with van der Waals surface area (Å²) in [6.07, 6.45) is 4.13. The fourth-order valence-corrected chi connectivity index (χ4v) is 10.1. The van der Waals surface area contributed by atoms with E-state index < -0.39 is 29.6 Å². The molecule has 5 aliphatic rings. The van der Waals surface area contributed by atoms with Gasteiger partial charge in [-0.05, 0) is 92.6 Å². The lowest BCUT2D eigenvalue weighted by atomic mass is 9.73. The topological polar surface area (TPSA) is 141 Å². The Bertz CT molecular complexity index is 2210. The first-order valence-electron chi connectivity index (χ1n) is 20.5. The minimum Gasteiger partial charge on any atom is -0.371 e. The molecule has 0 radical (unpaired) electrons. The number of benzene rings is 3. The van der Waals surface area contributed by atoms with Gasteiger partial charge in [-0.25, -0.2) is 4.39 Å². The predicted octanol–water partition coefficient (Wildman–Crippen LogP) is 4.92. The summed E-state index contributed by atoms with van der Waals surface area (Å²) < 4.78 is 15.4. The van der Waals surface area contributed by atoms with Crippen LogP contribution in [-0.4, -0.2) is 122 Å². The van der Waals surface area contributed by atoms with Crippen molar-refractivity contribution in [2.75, 3.05) is 73.6 Å². The molecule has 1 N–H and O–H groups in total. The largest absolute Gasteiger partial charge is 0.371 e. The zero-order valence-electron chi connectivity index (χ0n) is 33.3. The number of hydrogen-bond donors (Lipinski definition) is 1. The molecule has 5 heterocycles. The number of carbonyl (C=O) groups is 5. The molecule has 4 saturated heterocycles. The van der Waals surface area contributed by atoms with Crippen molar-refractivity contribution in [3.05, 3.63) is 87.7 Å². The van der Waals surface area contributed by atoms with E-state index in [9.17, 15) is 29.2 Å². The molecule has 5 amide bonds. The molecule has 308 valence electrons. The Morgan fingerprint density at radius 1 is 0.915 bits per heavy atom. The average Bonchev–Trinajstić information content (AvgIpc) is 3.66. The number of nitrogens with zero attached hydrogens (tertiary/aromatic N) is 7. The van der Waals surface area contributed by atoms with Gasteiger partial charge in [0.05, 0.1) is 27.4 Å². The molecule has 5 aliphatic heterocycles. The smallest absolute Gasteiger partial charge is 0.262 e. The second-order valence-corrected chi connectivity index (χ2v) is 16.8. The molecule has 59 heavy (non-hydrogen) atoms. The fourth-order valence-electron chi connectivity index (χ4n) is 9.85. The van der Waals surface area contributed by atoms with Crippen LogP contribution in [-0.2, 0) is 9.59 Å². The van der Waals surface area contributed by atoms with E-state index in [-0.39, 0.29) is 47.0 Å². The molecule has 0 bridgehead atoms. The van der Waals surface area contributed by atoms with Crippen molar-refractivity contribution in [1.82, 2.24) is 20.0 Å². The van der Waals surface area contributed by atoms with Gasteiger partial charge in [0.15, 0.2) is 0 Å². The van der Waals surface area contributed by atoms with Crippen LogP contribution in [0, 0.1) is 22.6 Å². The van der Waals surface area contributed by atoms with Gasteiger partial charge in [0.2, 0.25) is 12.3 Å². The van der Waals surface area contributed by atoms with E-state index in [0.717, 1.165) is 61.2 Å². The summed E-state index contributed by atoms with van der Waals surface area (Å²) in [4.78, 5) is 75.3. The number of anilines is 3. The van der Waals surface area contributed by atoms with Crippen molar-refractivity contribution in [1.29, 1.82) is 5.26 Å². The lowest BCUT2D eigenvalue weighted by Gasteiger charge is -2.49. The van der Waals surface area contributed by atoms with Gasteiger partial charge in [-0.2, -0.15) is 5.26 Å². The number of fused-ring (bicyclic) bond motifs is 1. The van der Waals surface area contributed by atoms with Gasteiger partial charge in [0, 0.05) is 87.9 Å². The predicted molar refractivity (Wildman–Crippen MR) is 221 cm³/mol. The Balaban J connectivity index is 0.815. The SMILES string of the molecule is CCCC(C(=O)NC=O)N1C(=O)c2cc(F)c(N3CC(N4CCN(C(=O)c5ccc(N6CCC7(CC6)CCN(c6ccc(C#N)c(Cl)c6)C7C)cc5)CC4)C3)cc2C1=O. The summed E-state index contributed by atoms with van der Waals surface area (Å²) in [5.74, 6) is -2.81. The van der Waals surface area contributed by atoms with Crippen molar-refractivity contribution in [2.24, 2.45) is 5.41 Å². The van der Waals surface area contributed by atoms with E-state index >= 15 is 4.39 Å². The molecule has 2 atom stereocenters. The Morgan fingerprint density at radius 3 is 2.19 bits per heavy atom. The van der Waals surface area contributed by atoms with Crippen molar-refractivity contribution in [3.63, 3.8) is 0 Å². The number of halogens is 2. The molecule has 2 unspecified atom stereocenters. The van der Waals surface area contributed by atoms with E-state index in [2.05, 4.69) is 39.8 Å². The first kappa shape index (κ1) is 40.3. The Morgan fingerprint density at radius 2 is 1.56 bits per heavy atom. The number of amides is 5. The minimum absolute atomic E-state index is 0.00472. The minimum atomic E-state index is -1.17. The normalized spacial score (nSPS) is 21.1. The number of carbonyl (C=O) groups excluding carboxylic acids is 5. The standard InChI is InChI=1S/C44H48ClFN8O5/c1-3-4-38(40(56)48-27-55)54-42(58)34-22-37(46)39(23-35(34)43(54)59)52-25-33(26-52)50-17-19-51(20-18-50)41(57)29-5-8-31(9-6-29)49-14-11-44(12-15-49)13-16-53(28(44)2)32-10-7-30(24-47)36(45)21-32/h5-10,21-23,27-28,33,38H,3-4,11-20,25-26H2,1-2H3,(H,48,55,56). The highest BCUT2D eigenvalue weighted by Crippen LogP contribution is 2.48. The second kappa shape index (κ2) is 16.3.